The minimum Gasteiger partial charge on any atom is -0.362 e. The SMILES string of the molecule is CCN(CC(F)(F)F)c1ccccc1C=O. The van der Waals surface area contributed by atoms with Crippen molar-refractivity contribution in [1.29, 1.82) is 0 Å². The summed E-state index contributed by atoms with van der Waals surface area (Å²) in [5.74, 6) is 0. The molecular formula is C11H12F3NO. The van der Waals surface area contributed by atoms with E-state index in [1.54, 1.807) is 19.1 Å². The van der Waals surface area contributed by atoms with Crippen LogP contribution in [0.15, 0.2) is 24.3 Å². The molecule has 0 saturated carbocycles. The zero-order chi connectivity index (χ0) is 12.2. The number of aldehydes is 1. The Kier molecular flexibility index (Phi) is 3.93. The third kappa shape index (κ3) is 3.25. The van der Waals surface area contributed by atoms with Crippen molar-refractivity contribution < 1.29 is 18.0 Å². The Morgan fingerprint density at radius 1 is 1.31 bits per heavy atom. The molecule has 0 bridgehead atoms. The molecule has 2 nitrogen and oxygen atoms in total. The predicted octanol–water partition coefficient (Wildman–Crippen LogP) is 2.89. The number of para-hydroxylation sites is 1. The van der Waals surface area contributed by atoms with Crippen molar-refractivity contribution in [3.05, 3.63) is 29.8 Å². The van der Waals surface area contributed by atoms with Gasteiger partial charge in [0.25, 0.3) is 0 Å². The van der Waals surface area contributed by atoms with Gasteiger partial charge in [-0.3, -0.25) is 4.79 Å². The molecule has 88 valence electrons. The molecule has 0 aliphatic carbocycles. The van der Waals surface area contributed by atoms with Crippen LogP contribution in [0.25, 0.3) is 0 Å². The van der Waals surface area contributed by atoms with Crippen LogP contribution in [-0.2, 0) is 0 Å². The van der Waals surface area contributed by atoms with Crippen molar-refractivity contribution in [2.24, 2.45) is 0 Å². The number of benzene rings is 1. The van der Waals surface area contributed by atoms with Crippen molar-refractivity contribution in [3.8, 4) is 0 Å². The number of alkyl halides is 3. The third-order valence-electron chi connectivity index (χ3n) is 2.16. The second kappa shape index (κ2) is 5.01. The minimum atomic E-state index is -4.27. The molecule has 0 aliphatic rings. The second-order valence-corrected chi connectivity index (χ2v) is 3.31. The van der Waals surface area contributed by atoms with Gasteiger partial charge in [-0.15, -0.1) is 0 Å². The van der Waals surface area contributed by atoms with E-state index in [9.17, 15) is 18.0 Å². The Morgan fingerprint density at radius 3 is 2.44 bits per heavy atom. The van der Waals surface area contributed by atoms with Gasteiger partial charge in [0, 0.05) is 17.8 Å². The maximum Gasteiger partial charge on any atom is 0.405 e. The van der Waals surface area contributed by atoms with Crippen LogP contribution in [0.4, 0.5) is 18.9 Å². The summed E-state index contributed by atoms with van der Waals surface area (Å²) in [4.78, 5) is 11.8. The third-order valence-corrected chi connectivity index (χ3v) is 2.16. The lowest BCUT2D eigenvalue weighted by Crippen LogP contribution is -2.34. The molecule has 0 N–H and O–H groups in total. The molecule has 0 heterocycles. The van der Waals surface area contributed by atoms with Gasteiger partial charge in [0.1, 0.15) is 6.54 Å². The lowest BCUT2D eigenvalue weighted by Gasteiger charge is -2.25. The Hall–Kier alpha value is -1.52. The van der Waals surface area contributed by atoms with Crippen LogP contribution < -0.4 is 4.90 Å². The summed E-state index contributed by atoms with van der Waals surface area (Å²) in [6.07, 6.45) is -3.71. The van der Waals surface area contributed by atoms with Gasteiger partial charge >= 0.3 is 6.18 Å². The highest BCUT2D eigenvalue weighted by molar-refractivity contribution is 5.84. The van der Waals surface area contributed by atoms with Crippen LogP contribution in [0, 0.1) is 0 Å². The van der Waals surface area contributed by atoms with E-state index in [1.807, 2.05) is 0 Å². The summed E-state index contributed by atoms with van der Waals surface area (Å²) in [7, 11) is 0. The lowest BCUT2D eigenvalue weighted by molar-refractivity contribution is -0.119. The van der Waals surface area contributed by atoms with Gasteiger partial charge in [-0.05, 0) is 19.1 Å². The predicted molar refractivity (Wildman–Crippen MR) is 55.8 cm³/mol. The van der Waals surface area contributed by atoms with E-state index < -0.39 is 12.7 Å². The molecular weight excluding hydrogens is 219 g/mol. The zero-order valence-electron chi connectivity index (χ0n) is 8.79. The molecule has 1 aromatic rings. The molecule has 0 aliphatic heterocycles. The first-order valence-corrected chi connectivity index (χ1v) is 4.84. The Bertz CT molecular complexity index is 362. The molecule has 16 heavy (non-hydrogen) atoms. The van der Waals surface area contributed by atoms with E-state index in [1.165, 1.54) is 12.1 Å². The van der Waals surface area contributed by atoms with Gasteiger partial charge in [-0.2, -0.15) is 13.2 Å². The lowest BCUT2D eigenvalue weighted by atomic mass is 10.1. The molecule has 1 rings (SSSR count). The maximum absolute atomic E-state index is 12.3. The number of nitrogens with zero attached hydrogens (tertiary/aromatic N) is 1. The first kappa shape index (κ1) is 12.5. The van der Waals surface area contributed by atoms with Gasteiger partial charge in [-0.25, -0.2) is 0 Å². The standard InChI is InChI=1S/C11H12F3NO/c1-2-15(8-11(12,13)14)10-6-4-3-5-9(10)7-16/h3-7H,2,8H2,1H3. The molecule has 0 saturated heterocycles. The van der Waals surface area contributed by atoms with Crippen molar-refractivity contribution >= 4 is 12.0 Å². The van der Waals surface area contributed by atoms with Gasteiger partial charge in [0.15, 0.2) is 6.29 Å². The molecule has 1 aromatic carbocycles. The van der Waals surface area contributed by atoms with Crippen LogP contribution in [-0.4, -0.2) is 25.6 Å². The quantitative estimate of drug-likeness (QED) is 0.742. The number of hydrogen-bond donors (Lipinski definition) is 0. The Morgan fingerprint density at radius 2 is 1.94 bits per heavy atom. The number of carbonyl (C=O) groups excluding carboxylic acids is 1. The normalized spacial score (nSPS) is 11.2. The first-order chi connectivity index (χ1) is 7.48. The van der Waals surface area contributed by atoms with Crippen LogP contribution in [0.5, 0.6) is 0 Å². The molecule has 5 heteroatoms. The molecule has 0 unspecified atom stereocenters. The summed E-state index contributed by atoms with van der Waals surface area (Å²) >= 11 is 0. The van der Waals surface area contributed by atoms with Gasteiger partial charge in [-0.1, -0.05) is 12.1 Å². The molecule has 0 radical (unpaired) electrons. The van der Waals surface area contributed by atoms with Crippen molar-refractivity contribution in [2.45, 2.75) is 13.1 Å². The fourth-order valence-corrected chi connectivity index (χ4v) is 1.46. The number of halogens is 3. The molecule has 0 aromatic heterocycles. The average molecular weight is 231 g/mol. The topological polar surface area (TPSA) is 20.3 Å². The van der Waals surface area contributed by atoms with E-state index in [0.29, 0.717) is 12.0 Å². The molecule has 0 amide bonds. The van der Waals surface area contributed by atoms with Crippen molar-refractivity contribution in [1.82, 2.24) is 0 Å². The Balaban J connectivity index is 2.99. The van der Waals surface area contributed by atoms with Gasteiger partial charge in [0.05, 0.1) is 0 Å². The fraction of sp³-hybridized carbons (Fsp3) is 0.364. The van der Waals surface area contributed by atoms with Crippen molar-refractivity contribution in [2.75, 3.05) is 18.0 Å². The average Bonchev–Trinajstić information content (AvgIpc) is 2.24. The highest BCUT2D eigenvalue weighted by Gasteiger charge is 2.30. The van der Waals surface area contributed by atoms with Crippen LogP contribution in [0.3, 0.4) is 0 Å². The van der Waals surface area contributed by atoms with Crippen LogP contribution in [0.2, 0.25) is 0 Å². The maximum atomic E-state index is 12.3. The summed E-state index contributed by atoms with van der Waals surface area (Å²) < 4.78 is 36.9. The highest BCUT2D eigenvalue weighted by atomic mass is 19.4. The minimum absolute atomic E-state index is 0.199. The smallest absolute Gasteiger partial charge is 0.362 e. The van der Waals surface area contributed by atoms with Gasteiger partial charge in [0.2, 0.25) is 0 Å². The summed E-state index contributed by atoms with van der Waals surface area (Å²) in [5, 5.41) is 0. The van der Waals surface area contributed by atoms with E-state index in [4.69, 9.17) is 0 Å². The Labute approximate surface area is 91.7 Å². The van der Waals surface area contributed by atoms with Gasteiger partial charge < -0.3 is 4.90 Å². The van der Waals surface area contributed by atoms with E-state index >= 15 is 0 Å². The molecule has 0 fully saturated rings. The van der Waals surface area contributed by atoms with Crippen molar-refractivity contribution in [3.63, 3.8) is 0 Å². The number of carbonyl (C=O) groups is 1. The van der Waals surface area contributed by atoms with Crippen LogP contribution in [0.1, 0.15) is 17.3 Å². The zero-order valence-corrected chi connectivity index (χ0v) is 8.79. The number of anilines is 1. The van der Waals surface area contributed by atoms with Crippen LogP contribution >= 0.6 is 0 Å². The summed E-state index contributed by atoms with van der Waals surface area (Å²) in [6.45, 7) is 0.770. The van der Waals surface area contributed by atoms with E-state index in [2.05, 4.69) is 0 Å². The second-order valence-electron chi connectivity index (χ2n) is 3.31. The largest absolute Gasteiger partial charge is 0.405 e. The van der Waals surface area contributed by atoms with E-state index in [-0.39, 0.29) is 12.1 Å². The summed E-state index contributed by atoms with van der Waals surface area (Å²) in [6, 6.07) is 6.25. The molecule has 0 atom stereocenters. The number of hydrogen-bond acceptors (Lipinski definition) is 2. The molecule has 0 spiro atoms. The fourth-order valence-electron chi connectivity index (χ4n) is 1.46. The monoisotopic (exact) mass is 231 g/mol. The highest BCUT2D eigenvalue weighted by Crippen LogP contribution is 2.24. The first-order valence-electron chi connectivity index (χ1n) is 4.84. The van der Waals surface area contributed by atoms with E-state index in [0.717, 1.165) is 4.90 Å². The summed E-state index contributed by atoms with van der Waals surface area (Å²) in [5.41, 5.74) is 0.589. The number of rotatable bonds is 4.